The molecule has 1 aromatic rings. The maximum atomic E-state index is 14.2. The average Bonchev–Trinajstić information content (AvgIpc) is 2.39. The normalized spacial score (nSPS) is 12.2. The van der Waals surface area contributed by atoms with Crippen LogP contribution in [0.15, 0.2) is 30.9 Å². The third-order valence-electron chi connectivity index (χ3n) is 3.04. The fraction of sp³-hybridized carbons (Fsp3) is 0.467. The number of rotatable bonds is 8. The molecule has 4 heteroatoms. The Bertz CT molecular complexity index is 409. The molecule has 0 amide bonds. The van der Waals surface area contributed by atoms with E-state index in [9.17, 15) is 4.39 Å². The van der Waals surface area contributed by atoms with Crippen molar-refractivity contribution in [3.63, 3.8) is 0 Å². The van der Waals surface area contributed by atoms with Crippen molar-refractivity contribution < 1.29 is 9.50 Å². The molecule has 0 fully saturated rings. The van der Waals surface area contributed by atoms with E-state index in [-0.39, 0.29) is 18.5 Å². The van der Waals surface area contributed by atoms with E-state index in [0.29, 0.717) is 18.8 Å². The molecular weight excluding hydrogens is 243 g/mol. The van der Waals surface area contributed by atoms with E-state index < -0.39 is 0 Å². The molecule has 19 heavy (non-hydrogen) atoms. The highest BCUT2D eigenvalue weighted by Crippen LogP contribution is 2.23. The standard InChI is InChI=1S/C15H23FN2O/c1-4-8-18(9-10-19)15-7-6-13(11-14(15)16)12(3)17-5-2/h4,6-7,11-12,17,19H,1,5,8-10H2,2-3H3. The number of hydrogen-bond donors (Lipinski definition) is 2. The smallest absolute Gasteiger partial charge is 0.146 e. The Kier molecular flexibility index (Phi) is 6.53. The molecule has 0 radical (unpaired) electrons. The molecule has 1 aromatic carbocycles. The lowest BCUT2D eigenvalue weighted by molar-refractivity contribution is 0.302. The average molecular weight is 266 g/mol. The van der Waals surface area contributed by atoms with Gasteiger partial charge in [0.15, 0.2) is 0 Å². The molecule has 0 saturated heterocycles. The Balaban J connectivity index is 2.94. The van der Waals surface area contributed by atoms with Crippen molar-refractivity contribution in [3.8, 4) is 0 Å². The van der Waals surface area contributed by atoms with Gasteiger partial charge in [0, 0.05) is 19.1 Å². The van der Waals surface area contributed by atoms with Crippen molar-refractivity contribution in [2.24, 2.45) is 0 Å². The summed E-state index contributed by atoms with van der Waals surface area (Å²) in [4.78, 5) is 1.77. The number of hydrogen-bond acceptors (Lipinski definition) is 3. The minimum absolute atomic E-state index is 0.0111. The highest BCUT2D eigenvalue weighted by atomic mass is 19.1. The van der Waals surface area contributed by atoms with Gasteiger partial charge in [0.1, 0.15) is 5.82 Å². The van der Waals surface area contributed by atoms with Gasteiger partial charge in [-0.1, -0.05) is 19.1 Å². The third kappa shape index (κ3) is 4.33. The number of anilines is 1. The summed E-state index contributed by atoms with van der Waals surface area (Å²) >= 11 is 0. The predicted octanol–water partition coefficient (Wildman–Crippen LogP) is 2.48. The minimum Gasteiger partial charge on any atom is -0.395 e. The maximum absolute atomic E-state index is 14.2. The van der Waals surface area contributed by atoms with Crippen LogP contribution in [-0.4, -0.2) is 31.3 Å². The van der Waals surface area contributed by atoms with Crippen LogP contribution in [0.3, 0.4) is 0 Å². The van der Waals surface area contributed by atoms with Gasteiger partial charge in [0.2, 0.25) is 0 Å². The monoisotopic (exact) mass is 266 g/mol. The van der Waals surface area contributed by atoms with E-state index in [1.807, 2.05) is 19.9 Å². The first-order chi connectivity index (χ1) is 9.13. The summed E-state index contributed by atoms with van der Waals surface area (Å²) in [6, 6.07) is 5.35. The van der Waals surface area contributed by atoms with Gasteiger partial charge >= 0.3 is 0 Å². The van der Waals surface area contributed by atoms with Crippen molar-refractivity contribution >= 4 is 5.69 Å². The zero-order chi connectivity index (χ0) is 14.3. The van der Waals surface area contributed by atoms with Crippen LogP contribution in [-0.2, 0) is 0 Å². The quantitative estimate of drug-likeness (QED) is 0.710. The summed E-state index contributed by atoms with van der Waals surface area (Å²) in [5, 5.41) is 12.3. The summed E-state index contributed by atoms with van der Waals surface area (Å²) in [5.41, 5.74) is 1.42. The van der Waals surface area contributed by atoms with Crippen molar-refractivity contribution in [2.75, 3.05) is 31.1 Å². The summed E-state index contributed by atoms with van der Waals surface area (Å²) in [6.45, 7) is 9.42. The Morgan fingerprint density at radius 3 is 2.79 bits per heavy atom. The van der Waals surface area contributed by atoms with Gasteiger partial charge in [0.25, 0.3) is 0 Å². The van der Waals surface area contributed by atoms with E-state index in [2.05, 4.69) is 11.9 Å². The van der Waals surface area contributed by atoms with Gasteiger partial charge in [-0.3, -0.25) is 0 Å². The molecule has 0 spiro atoms. The van der Waals surface area contributed by atoms with Gasteiger partial charge in [-0.05, 0) is 31.2 Å². The van der Waals surface area contributed by atoms with Gasteiger partial charge in [-0.25, -0.2) is 4.39 Å². The Morgan fingerprint density at radius 2 is 2.26 bits per heavy atom. The number of nitrogens with zero attached hydrogens (tertiary/aromatic N) is 1. The lowest BCUT2D eigenvalue weighted by Crippen LogP contribution is -2.27. The largest absolute Gasteiger partial charge is 0.395 e. The van der Waals surface area contributed by atoms with Crippen LogP contribution in [0, 0.1) is 5.82 Å². The lowest BCUT2D eigenvalue weighted by Gasteiger charge is -2.24. The fourth-order valence-electron chi connectivity index (χ4n) is 2.06. The maximum Gasteiger partial charge on any atom is 0.146 e. The van der Waals surface area contributed by atoms with E-state index in [0.717, 1.165) is 12.1 Å². The summed E-state index contributed by atoms with van der Waals surface area (Å²) in [6.07, 6.45) is 1.70. The molecule has 0 aromatic heterocycles. The second-order valence-corrected chi connectivity index (χ2v) is 4.45. The molecule has 0 heterocycles. The molecule has 1 atom stereocenters. The zero-order valence-electron chi connectivity index (χ0n) is 11.7. The van der Waals surface area contributed by atoms with Crippen LogP contribution in [0.2, 0.25) is 0 Å². The van der Waals surface area contributed by atoms with Crippen LogP contribution in [0.5, 0.6) is 0 Å². The van der Waals surface area contributed by atoms with E-state index in [1.165, 1.54) is 0 Å². The summed E-state index contributed by atoms with van der Waals surface area (Å²) in [7, 11) is 0. The van der Waals surface area contributed by atoms with E-state index >= 15 is 0 Å². The SMILES string of the molecule is C=CCN(CCO)c1ccc(C(C)NCC)cc1F. The Morgan fingerprint density at radius 1 is 1.53 bits per heavy atom. The molecule has 0 aliphatic heterocycles. The molecule has 1 unspecified atom stereocenters. The highest BCUT2D eigenvalue weighted by molar-refractivity contribution is 5.50. The van der Waals surface area contributed by atoms with Crippen LogP contribution in [0.1, 0.15) is 25.5 Å². The van der Waals surface area contributed by atoms with Crippen molar-refractivity contribution in [1.82, 2.24) is 5.32 Å². The summed E-state index contributed by atoms with van der Waals surface area (Å²) in [5.74, 6) is -0.266. The molecule has 0 aliphatic carbocycles. The number of halogens is 1. The first kappa shape index (κ1) is 15.7. The number of aliphatic hydroxyl groups excluding tert-OH is 1. The zero-order valence-corrected chi connectivity index (χ0v) is 11.7. The van der Waals surface area contributed by atoms with Gasteiger partial charge in [-0.15, -0.1) is 6.58 Å². The van der Waals surface area contributed by atoms with Gasteiger partial charge < -0.3 is 15.3 Å². The van der Waals surface area contributed by atoms with Gasteiger partial charge in [0.05, 0.1) is 12.3 Å². The first-order valence-electron chi connectivity index (χ1n) is 6.63. The second kappa shape index (κ2) is 7.92. The second-order valence-electron chi connectivity index (χ2n) is 4.45. The number of aliphatic hydroxyl groups is 1. The molecule has 0 aliphatic rings. The lowest BCUT2D eigenvalue weighted by atomic mass is 10.1. The van der Waals surface area contributed by atoms with Crippen LogP contribution < -0.4 is 10.2 Å². The molecule has 3 nitrogen and oxygen atoms in total. The molecule has 1 rings (SSSR count). The van der Waals surface area contributed by atoms with Crippen LogP contribution in [0.25, 0.3) is 0 Å². The van der Waals surface area contributed by atoms with E-state index in [1.54, 1.807) is 23.1 Å². The molecular formula is C15H23FN2O. The predicted molar refractivity (Wildman–Crippen MR) is 78.0 cm³/mol. The van der Waals surface area contributed by atoms with E-state index in [4.69, 9.17) is 5.11 Å². The molecule has 0 bridgehead atoms. The molecule has 0 saturated carbocycles. The van der Waals surface area contributed by atoms with Crippen LogP contribution in [0.4, 0.5) is 10.1 Å². The number of benzene rings is 1. The minimum atomic E-state index is -0.266. The van der Waals surface area contributed by atoms with Crippen molar-refractivity contribution in [3.05, 3.63) is 42.2 Å². The fourth-order valence-corrected chi connectivity index (χ4v) is 2.06. The number of nitrogens with one attached hydrogen (secondary N) is 1. The first-order valence-corrected chi connectivity index (χ1v) is 6.63. The highest BCUT2D eigenvalue weighted by Gasteiger charge is 2.12. The van der Waals surface area contributed by atoms with Crippen LogP contribution >= 0.6 is 0 Å². The Labute approximate surface area is 114 Å². The summed E-state index contributed by atoms with van der Waals surface area (Å²) < 4.78 is 14.2. The van der Waals surface area contributed by atoms with Gasteiger partial charge in [-0.2, -0.15) is 0 Å². The third-order valence-corrected chi connectivity index (χ3v) is 3.04. The van der Waals surface area contributed by atoms with Crippen molar-refractivity contribution in [1.29, 1.82) is 0 Å². The molecule has 2 N–H and O–H groups in total. The van der Waals surface area contributed by atoms with Crippen molar-refractivity contribution in [2.45, 2.75) is 19.9 Å². The molecule has 106 valence electrons. The topological polar surface area (TPSA) is 35.5 Å². The Hall–Kier alpha value is -1.39.